The van der Waals surface area contributed by atoms with E-state index in [2.05, 4.69) is 0 Å². The van der Waals surface area contributed by atoms with Crippen LogP contribution in [-0.4, -0.2) is 57.4 Å². The second-order valence-electron chi connectivity index (χ2n) is 14.9. The molecule has 0 radical (unpaired) electrons. The molecule has 0 aromatic heterocycles. The molecule has 240 valence electrons. The predicted octanol–water partition coefficient (Wildman–Crippen LogP) is 4.58. The van der Waals surface area contributed by atoms with Gasteiger partial charge in [0.2, 0.25) is 0 Å². The van der Waals surface area contributed by atoms with Gasteiger partial charge in [0, 0.05) is 29.6 Å². The van der Waals surface area contributed by atoms with Crippen molar-refractivity contribution in [2.75, 3.05) is 6.61 Å². The van der Waals surface area contributed by atoms with Gasteiger partial charge in [-0.1, -0.05) is 96.2 Å². The molecule has 0 aliphatic heterocycles. The van der Waals surface area contributed by atoms with Crippen molar-refractivity contribution in [1.29, 1.82) is 0 Å². The fraction of sp³-hybridized carbons (Fsp3) is 0.541. The summed E-state index contributed by atoms with van der Waals surface area (Å²) in [5.74, 6) is -2.49. The zero-order valence-electron chi connectivity index (χ0n) is 27.1. The molecular formula is C37H45NO7. The normalized spacial score (nSPS) is 35.4. The summed E-state index contributed by atoms with van der Waals surface area (Å²) in [4.78, 5) is 39.9. The number of ether oxygens (including phenoxy) is 2. The van der Waals surface area contributed by atoms with E-state index in [4.69, 9.17) is 15.2 Å². The van der Waals surface area contributed by atoms with E-state index in [1.807, 2.05) is 83.2 Å². The number of Topliss-reactive ketones (excluding diaryl/α,β-unsaturated/α-hetero) is 1. The number of ketones is 1. The van der Waals surface area contributed by atoms with Crippen LogP contribution in [0, 0.1) is 28.6 Å². The number of carbonyl (C=O) groups excluding carboxylic acids is 3. The standard InChI is InChI=1S/C37H45NO7/c1-21(2)30(38)32(41)44-19-24-17-34-20-35(33(34,5)6,45-29(39)15-26-12-9-11-25-10-7-8-13-27(25)26)16-23(4)37(34,43)28-14-22(3)31(40)36(28,42)18-24/h7-14,17,21-23,30,42-43H,15-16,18-20,38H2,1-6H3/t22?,23-,30?,34?,35+,36-,37+/m1/s1. The van der Waals surface area contributed by atoms with Crippen molar-refractivity contribution in [1.82, 2.24) is 0 Å². The van der Waals surface area contributed by atoms with Gasteiger partial charge >= 0.3 is 11.9 Å². The first-order chi connectivity index (χ1) is 21.0. The molecule has 3 saturated carbocycles. The third kappa shape index (κ3) is 4.25. The smallest absolute Gasteiger partial charge is 0.323 e. The molecule has 8 nitrogen and oxygen atoms in total. The molecule has 0 heterocycles. The van der Waals surface area contributed by atoms with Gasteiger partial charge in [0.1, 0.15) is 23.9 Å². The number of rotatable bonds is 7. The van der Waals surface area contributed by atoms with Crippen LogP contribution in [-0.2, 0) is 30.3 Å². The quantitative estimate of drug-likeness (QED) is 0.304. The Morgan fingerprint density at radius 3 is 2.44 bits per heavy atom. The van der Waals surface area contributed by atoms with Crippen molar-refractivity contribution in [3.05, 3.63) is 71.3 Å². The van der Waals surface area contributed by atoms with E-state index < -0.39 is 51.5 Å². The summed E-state index contributed by atoms with van der Waals surface area (Å²) in [6.45, 7) is 11.1. The monoisotopic (exact) mass is 615 g/mol. The van der Waals surface area contributed by atoms with E-state index in [-0.39, 0.29) is 37.1 Å². The van der Waals surface area contributed by atoms with Crippen LogP contribution in [0.3, 0.4) is 0 Å². The van der Waals surface area contributed by atoms with Crippen molar-refractivity contribution in [2.24, 2.45) is 34.3 Å². The van der Waals surface area contributed by atoms with Gasteiger partial charge < -0.3 is 25.4 Å². The van der Waals surface area contributed by atoms with Crippen LogP contribution < -0.4 is 5.73 Å². The predicted molar refractivity (Wildman–Crippen MR) is 170 cm³/mol. The van der Waals surface area contributed by atoms with Gasteiger partial charge in [-0.2, -0.15) is 0 Å². The van der Waals surface area contributed by atoms with Crippen molar-refractivity contribution in [2.45, 2.75) is 90.1 Å². The zero-order chi connectivity index (χ0) is 32.7. The first-order valence-corrected chi connectivity index (χ1v) is 16.1. The molecule has 3 unspecified atom stereocenters. The highest BCUT2D eigenvalue weighted by molar-refractivity contribution is 5.98. The molecule has 5 aliphatic rings. The average molecular weight is 616 g/mol. The lowest BCUT2D eigenvalue weighted by Crippen LogP contribution is -2.82. The second kappa shape index (κ2) is 10.3. The molecule has 45 heavy (non-hydrogen) atoms. The minimum atomic E-state index is -1.94. The summed E-state index contributed by atoms with van der Waals surface area (Å²) >= 11 is 0. The van der Waals surface area contributed by atoms with E-state index in [9.17, 15) is 24.6 Å². The summed E-state index contributed by atoms with van der Waals surface area (Å²) < 4.78 is 12.1. The summed E-state index contributed by atoms with van der Waals surface area (Å²) in [6, 6.07) is 13.0. The van der Waals surface area contributed by atoms with Crippen LogP contribution in [0.1, 0.15) is 66.4 Å². The fourth-order valence-electron chi connectivity index (χ4n) is 9.07. The lowest BCUT2D eigenvalue weighted by molar-refractivity contribution is -0.342. The Morgan fingerprint density at radius 1 is 1.07 bits per heavy atom. The van der Waals surface area contributed by atoms with Gasteiger partial charge in [0.05, 0.1) is 6.42 Å². The Kier molecular flexibility index (Phi) is 7.27. The molecule has 5 aliphatic carbocycles. The molecule has 2 bridgehead atoms. The van der Waals surface area contributed by atoms with E-state index in [0.717, 1.165) is 16.3 Å². The number of nitrogens with two attached hydrogens (primary N) is 1. The topological polar surface area (TPSA) is 136 Å². The first kappa shape index (κ1) is 31.6. The average Bonchev–Trinajstić information content (AvgIpc) is 3.15. The second-order valence-corrected chi connectivity index (χ2v) is 14.9. The van der Waals surface area contributed by atoms with E-state index in [1.54, 1.807) is 13.0 Å². The molecule has 2 aromatic rings. The van der Waals surface area contributed by atoms with Crippen molar-refractivity contribution in [3.8, 4) is 0 Å². The van der Waals surface area contributed by atoms with Crippen molar-refractivity contribution >= 4 is 28.5 Å². The number of aliphatic hydroxyl groups is 2. The highest BCUT2D eigenvalue weighted by Gasteiger charge is 2.84. The molecule has 0 saturated heterocycles. The van der Waals surface area contributed by atoms with Crippen LogP contribution in [0.5, 0.6) is 0 Å². The molecule has 7 atom stereocenters. The van der Waals surface area contributed by atoms with Gasteiger partial charge in [0.15, 0.2) is 11.4 Å². The number of benzene rings is 2. The molecule has 0 amide bonds. The van der Waals surface area contributed by atoms with Crippen molar-refractivity contribution < 1.29 is 34.1 Å². The lowest BCUT2D eigenvalue weighted by atomic mass is 9.30. The fourth-order valence-corrected chi connectivity index (χ4v) is 9.07. The summed E-state index contributed by atoms with van der Waals surface area (Å²) in [6.07, 6.45) is 4.28. The van der Waals surface area contributed by atoms with E-state index in [1.165, 1.54) is 0 Å². The van der Waals surface area contributed by atoms with Gasteiger partial charge in [-0.15, -0.1) is 0 Å². The number of esters is 2. The number of hydrogen-bond donors (Lipinski definition) is 3. The van der Waals surface area contributed by atoms with Gasteiger partial charge in [0.25, 0.3) is 0 Å². The third-order valence-corrected chi connectivity index (χ3v) is 11.8. The maximum absolute atomic E-state index is 13.7. The van der Waals surface area contributed by atoms with Gasteiger partial charge in [-0.05, 0) is 45.7 Å². The molecule has 2 aromatic carbocycles. The Morgan fingerprint density at radius 2 is 1.76 bits per heavy atom. The molecular weight excluding hydrogens is 570 g/mol. The van der Waals surface area contributed by atoms with Crippen molar-refractivity contribution in [3.63, 3.8) is 0 Å². The summed E-state index contributed by atoms with van der Waals surface area (Å²) in [5, 5.41) is 27.0. The molecule has 1 spiro atoms. The number of fused-ring (bicyclic) bond motifs is 3. The Bertz CT molecular complexity index is 1650. The third-order valence-electron chi connectivity index (χ3n) is 11.8. The van der Waals surface area contributed by atoms with E-state index >= 15 is 0 Å². The van der Waals surface area contributed by atoms with Crippen LogP contribution in [0.2, 0.25) is 0 Å². The number of carbonyl (C=O) groups is 3. The SMILES string of the molecule is CC1C=C2[C@](O)(CC(COC(=O)C(N)C(C)C)=CC34C[C@@](OC(=O)Cc5cccc6ccccc56)(C[C@@H](C)[C@]23O)C4(C)C)C1=O. The lowest BCUT2D eigenvalue weighted by Gasteiger charge is -2.77. The van der Waals surface area contributed by atoms with Crippen LogP contribution in [0.25, 0.3) is 10.8 Å². The minimum Gasteiger partial charge on any atom is -0.460 e. The largest absolute Gasteiger partial charge is 0.460 e. The number of allylic oxidation sites excluding steroid dienone is 1. The van der Waals surface area contributed by atoms with Gasteiger partial charge in [-0.3, -0.25) is 14.4 Å². The van der Waals surface area contributed by atoms with Gasteiger partial charge in [-0.25, -0.2) is 0 Å². The maximum Gasteiger partial charge on any atom is 0.323 e. The minimum absolute atomic E-state index is 0.104. The Labute approximate surface area is 264 Å². The van der Waals surface area contributed by atoms with Crippen LogP contribution in [0.4, 0.5) is 0 Å². The zero-order valence-corrected chi connectivity index (χ0v) is 27.1. The van der Waals surface area contributed by atoms with E-state index in [0.29, 0.717) is 24.0 Å². The maximum atomic E-state index is 13.7. The Balaban J connectivity index is 1.37. The van der Waals surface area contributed by atoms with Crippen LogP contribution >= 0.6 is 0 Å². The highest BCUT2D eigenvalue weighted by atomic mass is 16.6. The molecule has 8 heteroatoms. The first-order valence-electron chi connectivity index (χ1n) is 16.1. The summed E-state index contributed by atoms with van der Waals surface area (Å²) in [7, 11) is 0. The Hall–Kier alpha value is -3.33. The molecule has 4 N–H and O–H groups in total. The summed E-state index contributed by atoms with van der Waals surface area (Å²) in [5.41, 5.74) is 1.50. The number of hydrogen-bond acceptors (Lipinski definition) is 8. The van der Waals surface area contributed by atoms with Crippen LogP contribution in [0.15, 0.2) is 65.8 Å². The molecule has 7 rings (SSSR count). The highest BCUT2D eigenvalue weighted by Crippen LogP contribution is 2.79. The molecule has 3 fully saturated rings.